The van der Waals surface area contributed by atoms with Crippen LogP contribution >= 0.6 is 0 Å². The molecule has 0 unspecified atom stereocenters. The van der Waals surface area contributed by atoms with Gasteiger partial charge in [0, 0.05) is 0 Å². The van der Waals surface area contributed by atoms with E-state index in [1.165, 1.54) is 4.90 Å². The molecular formula is C9H17NO6. The molecule has 0 aromatic carbocycles. The zero-order valence-corrected chi connectivity index (χ0v) is 9.22. The van der Waals surface area contributed by atoms with E-state index in [1.807, 2.05) is 0 Å². The zero-order chi connectivity index (χ0) is 12.4. The molecule has 7 heteroatoms. The molecule has 0 spiro atoms. The van der Waals surface area contributed by atoms with Crippen molar-refractivity contribution in [1.82, 2.24) is 4.90 Å². The van der Waals surface area contributed by atoms with Crippen LogP contribution in [0.2, 0.25) is 0 Å². The Labute approximate surface area is 93.6 Å². The van der Waals surface area contributed by atoms with Crippen LogP contribution in [0.5, 0.6) is 0 Å². The number of aliphatic hydroxyl groups is 2. The Morgan fingerprint density at radius 2 is 1.81 bits per heavy atom. The molecule has 2 N–H and O–H groups in total. The maximum Gasteiger partial charge on any atom is 0.320 e. The maximum absolute atomic E-state index is 11.0. The smallest absolute Gasteiger partial charge is 0.320 e. The Kier molecular flexibility index (Phi) is 8.41. The monoisotopic (exact) mass is 235 g/mol. The van der Waals surface area contributed by atoms with Gasteiger partial charge in [-0.25, -0.2) is 0 Å². The summed E-state index contributed by atoms with van der Waals surface area (Å²) in [5.41, 5.74) is 0. The zero-order valence-electron chi connectivity index (χ0n) is 9.22. The lowest BCUT2D eigenvalue weighted by molar-refractivity contribution is -0.154. The largest absolute Gasteiger partial charge is 0.462 e. The summed E-state index contributed by atoms with van der Waals surface area (Å²) in [6.07, 6.45) is -0.0667. The summed E-state index contributed by atoms with van der Waals surface area (Å²) in [6, 6.07) is 0. The molecule has 0 aromatic rings. The number of likely N-dealkylation sites (N-methyl/N-ethyl adjacent to an activating group) is 1. The summed E-state index contributed by atoms with van der Waals surface area (Å²) in [7, 11) is 1.58. The molecule has 7 nitrogen and oxygen atoms in total. The molecule has 0 atom stereocenters. The molecule has 0 rings (SSSR count). The Morgan fingerprint density at radius 3 is 2.38 bits per heavy atom. The van der Waals surface area contributed by atoms with E-state index in [-0.39, 0.29) is 39.5 Å². The van der Waals surface area contributed by atoms with Gasteiger partial charge in [-0.1, -0.05) is 0 Å². The van der Waals surface area contributed by atoms with E-state index in [0.29, 0.717) is 0 Å². The highest BCUT2D eigenvalue weighted by atomic mass is 16.6. The van der Waals surface area contributed by atoms with Crippen molar-refractivity contribution in [2.75, 3.05) is 40.1 Å². The standard InChI is InChI=1S/C9H17NO6/c1-10(6-9(14)15-5-4-12)7-16-8(13)2-3-11/h11-12H,2-7H2,1H3. The van der Waals surface area contributed by atoms with E-state index < -0.39 is 11.9 Å². The number of carbonyl (C=O) groups excluding carboxylic acids is 2. The van der Waals surface area contributed by atoms with E-state index in [9.17, 15) is 9.59 Å². The third-order valence-electron chi connectivity index (χ3n) is 1.52. The van der Waals surface area contributed by atoms with Crippen LogP contribution in [-0.2, 0) is 19.1 Å². The highest BCUT2D eigenvalue weighted by molar-refractivity contribution is 5.71. The van der Waals surface area contributed by atoms with Crippen molar-refractivity contribution in [2.24, 2.45) is 0 Å². The predicted octanol–water partition coefficient (Wildman–Crippen LogP) is -1.66. The minimum atomic E-state index is -0.530. The average Bonchev–Trinajstić information content (AvgIpc) is 2.24. The van der Waals surface area contributed by atoms with Crippen LogP contribution in [0.25, 0.3) is 0 Å². The van der Waals surface area contributed by atoms with Gasteiger partial charge in [0.15, 0.2) is 0 Å². The average molecular weight is 235 g/mol. The lowest BCUT2D eigenvalue weighted by Crippen LogP contribution is -2.31. The van der Waals surface area contributed by atoms with Crippen LogP contribution in [0.3, 0.4) is 0 Å². The Balaban J connectivity index is 3.61. The summed E-state index contributed by atoms with van der Waals surface area (Å²) >= 11 is 0. The predicted molar refractivity (Wildman–Crippen MR) is 53.3 cm³/mol. The second-order valence-corrected chi connectivity index (χ2v) is 3.08. The molecule has 0 aliphatic rings. The molecule has 0 aliphatic carbocycles. The van der Waals surface area contributed by atoms with Crippen molar-refractivity contribution in [2.45, 2.75) is 6.42 Å². The molecule has 0 saturated heterocycles. The van der Waals surface area contributed by atoms with E-state index >= 15 is 0 Å². The summed E-state index contributed by atoms with van der Waals surface area (Å²) in [5.74, 6) is -1.03. The third kappa shape index (κ3) is 8.16. The highest BCUT2D eigenvalue weighted by Gasteiger charge is 2.09. The molecule has 0 aromatic heterocycles. The molecule has 0 saturated carbocycles. The second-order valence-electron chi connectivity index (χ2n) is 3.08. The van der Waals surface area contributed by atoms with E-state index in [4.69, 9.17) is 14.9 Å². The van der Waals surface area contributed by atoms with Gasteiger partial charge in [-0.15, -0.1) is 0 Å². The topological polar surface area (TPSA) is 96.3 Å². The van der Waals surface area contributed by atoms with Gasteiger partial charge in [-0.2, -0.15) is 0 Å². The minimum absolute atomic E-state index is 0.0353. The summed E-state index contributed by atoms with van der Waals surface area (Å²) in [4.78, 5) is 23.3. The SMILES string of the molecule is CN(COC(=O)CCO)CC(=O)OCCO. The van der Waals surface area contributed by atoms with Gasteiger partial charge in [-0.05, 0) is 7.05 Å². The molecule has 0 radical (unpaired) electrons. The van der Waals surface area contributed by atoms with Crippen molar-refractivity contribution in [3.63, 3.8) is 0 Å². The Bertz CT molecular complexity index is 220. The molecule has 0 fully saturated rings. The number of ether oxygens (including phenoxy) is 2. The van der Waals surface area contributed by atoms with Crippen LogP contribution in [-0.4, -0.2) is 67.2 Å². The van der Waals surface area contributed by atoms with Crippen molar-refractivity contribution in [3.8, 4) is 0 Å². The van der Waals surface area contributed by atoms with Crippen LogP contribution in [0.1, 0.15) is 6.42 Å². The fraction of sp³-hybridized carbons (Fsp3) is 0.778. The number of nitrogens with zero attached hydrogens (tertiary/aromatic N) is 1. The Hall–Kier alpha value is -1.18. The van der Waals surface area contributed by atoms with Gasteiger partial charge in [0.05, 0.1) is 26.2 Å². The van der Waals surface area contributed by atoms with Crippen LogP contribution < -0.4 is 0 Å². The van der Waals surface area contributed by atoms with Crippen molar-refractivity contribution < 1.29 is 29.3 Å². The first-order chi connectivity index (χ1) is 7.60. The summed E-state index contributed by atoms with van der Waals surface area (Å²) < 4.78 is 9.32. The summed E-state index contributed by atoms with van der Waals surface area (Å²) in [6.45, 7) is -0.613. The normalized spacial score (nSPS) is 10.2. The van der Waals surface area contributed by atoms with E-state index in [0.717, 1.165) is 0 Å². The van der Waals surface area contributed by atoms with E-state index in [2.05, 4.69) is 4.74 Å². The first-order valence-electron chi connectivity index (χ1n) is 4.81. The molecule has 0 amide bonds. The van der Waals surface area contributed by atoms with E-state index in [1.54, 1.807) is 7.05 Å². The minimum Gasteiger partial charge on any atom is -0.462 e. The van der Waals surface area contributed by atoms with Crippen molar-refractivity contribution >= 4 is 11.9 Å². The number of hydrogen-bond acceptors (Lipinski definition) is 7. The number of aliphatic hydroxyl groups excluding tert-OH is 2. The molecular weight excluding hydrogens is 218 g/mol. The summed E-state index contributed by atoms with van der Waals surface area (Å²) in [5, 5.41) is 16.8. The molecule has 16 heavy (non-hydrogen) atoms. The molecule has 0 bridgehead atoms. The maximum atomic E-state index is 11.0. The highest BCUT2D eigenvalue weighted by Crippen LogP contribution is 1.90. The van der Waals surface area contributed by atoms with Gasteiger partial charge in [0.25, 0.3) is 0 Å². The first-order valence-corrected chi connectivity index (χ1v) is 4.81. The molecule has 0 heterocycles. The van der Waals surface area contributed by atoms with Crippen LogP contribution in [0.4, 0.5) is 0 Å². The lowest BCUT2D eigenvalue weighted by Gasteiger charge is -2.15. The number of rotatable bonds is 8. The molecule has 94 valence electrons. The molecule has 0 aliphatic heterocycles. The number of carbonyl (C=O) groups is 2. The van der Waals surface area contributed by atoms with Crippen LogP contribution in [0, 0.1) is 0 Å². The fourth-order valence-electron chi connectivity index (χ4n) is 0.817. The first kappa shape index (κ1) is 14.8. The van der Waals surface area contributed by atoms with Gasteiger partial charge >= 0.3 is 11.9 Å². The number of esters is 2. The van der Waals surface area contributed by atoms with Gasteiger partial charge in [-0.3, -0.25) is 14.5 Å². The van der Waals surface area contributed by atoms with Gasteiger partial charge in [0.1, 0.15) is 13.3 Å². The Morgan fingerprint density at radius 1 is 1.12 bits per heavy atom. The fourth-order valence-corrected chi connectivity index (χ4v) is 0.817. The van der Waals surface area contributed by atoms with Gasteiger partial charge < -0.3 is 19.7 Å². The number of hydrogen-bond donors (Lipinski definition) is 2. The lowest BCUT2D eigenvalue weighted by atomic mass is 10.5. The van der Waals surface area contributed by atoms with Crippen molar-refractivity contribution in [1.29, 1.82) is 0 Å². The van der Waals surface area contributed by atoms with Crippen LogP contribution in [0.15, 0.2) is 0 Å². The quantitative estimate of drug-likeness (QED) is 0.384. The third-order valence-corrected chi connectivity index (χ3v) is 1.52. The van der Waals surface area contributed by atoms with Crippen molar-refractivity contribution in [3.05, 3.63) is 0 Å². The second kappa shape index (κ2) is 9.08. The van der Waals surface area contributed by atoms with Gasteiger partial charge in [0.2, 0.25) is 0 Å².